The van der Waals surface area contributed by atoms with Crippen LogP contribution in [-0.2, 0) is 10.0 Å². The Morgan fingerprint density at radius 1 is 1.25 bits per heavy atom. The zero-order valence-electron chi connectivity index (χ0n) is 11.5. The predicted molar refractivity (Wildman–Crippen MR) is 83.7 cm³/mol. The first-order valence-electron chi connectivity index (χ1n) is 6.42. The van der Waals surface area contributed by atoms with Crippen molar-refractivity contribution < 1.29 is 8.42 Å². The van der Waals surface area contributed by atoms with Crippen LogP contribution in [0.1, 0.15) is 25.5 Å². The summed E-state index contributed by atoms with van der Waals surface area (Å²) in [5.41, 5.74) is 1.76. The quantitative estimate of drug-likeness (QED) is 0.861. The van der Waals surface area contributed by atoms with Crippen molar-refractivity contribution in [3.05, 3.63) is 46.7 Å². The first-order valence-corrected chi connectivity index (χ1v) is 8.84. The van der Waals surface area contributed by atoms with E-state index in [0.717, 1.165) is 5.56 Å². The number of para-hydroxylation sites is 1. The van der Waals surface area contributed by atoms with Crippen LogP contribution in [0, 0.1) is 0 Å². The van der Waals surface area contributed by atoms with E-state index in [9.17, 15) is 8.42 Å². The molecule has 2 rings (SSSR count). The molecule has 1 aromatic carbocycles. The molecule has 0 aliphatic heterocycles. The zero-order valence-corrected chi connectivity index (χ0v) is 13.1. The second-order valence-corrected chi connectivity index (χ2v) is 6.94. The van der Waals surface area contributed by atoms with E-state index in [2.05, 4.69) is 15.4 Å². The molecular formula is C14H18N2O2S2. The summed E-state index contributed by atoms with van der Waals surface area (Å²) in [7, 11) is -3.47. The number of sulfonamides is 1. The second-order valence-electron chi connectivity index (χ2n) is 4.42. The van der Waals surface area contributed by atoms with Crippen LogP contribution in [0.5, 0.6) is 0 Å². The highest BCUT2D eigenvalue weighted by Crippen LogP contribution is 2.26. The molecule has 0 fully saturated rings. The fourth-order valence-corrected chi connectivity index (χ4v) is 3.89. The lowest BCUT2D eigenvalue weighted by Gasteiger charge is -2.17. The summed E-state index contributed by atoms with van der Waals surface area (Å²) in [5.74, 6) is 0. The number of thiophene rings is 1. The van der Waals surface area contributed by atoms with E-state index in [1.165, 1.54) is 0 Å². The van der Waals surface area contributed by atoms with Crippen molar-refractivity contribution in [3.63, 3.8) is 0 Å². The lowest BCUT2D eigenvalue weighted by Crippen LogP contribution is -2.24. The molecule has 108 valence electrons. The largest absolute Gasteiger partial charge is 0.377 e. The Bertz CT molecular complexity index is 652. The Hall–Kier alpha value is -1.37. The maximum atomic E-state index is 12.2. The number of hydrogen-bond acceptors (Lipinski definition) is 4. The molecule has 0 aliphatic rings. The van der Waals surface area contributed by atoms with Crippen molar-refractivity contribution in [2.45, 2.75) is 24.8 Å². The molecule has 0 amide bonds. The van der Waals surface area contributed by atoms with Gasteiger partial charge in [0.2, 0.25) is 10.0 Å². The molecule has 0 aliphatic carbocycles. The minimum absolute atomic E-state index is 0.0548. The lowest BCUT2D eigenvalue weighted by atomic mass is 10.1. The molecule has 1 unspecified atom stereocenters. The topological polar surface area (TPSA) is 58.2 Å². The summed E-state index contributed by atoms with van der Waals surface area (Å²) >= 11 is 1.63. The van der Waals surface area contributed by atoms with Crippen molar-refractivity contribution in [2.75, 3.05) is 11.9 Å². The molecule has 20 heavy (non-hydrogen) atoms. The van der Waals surface area contributed by atoms with Crippen LogP contribution in [0.15, 0.2) is 46.0 Å². The van der Waals surface area contributed by atoms with Crippen molar-refractivity contribution in [3.8, 4) is 0 Å². The number of rotatable bonds is 6. The van der Waals surface area contributed by atoms with Gasteiger partial charge in [0.15, 0.2) is 0 Å². The maximum absolute atomic E-state index is 12.2. The molecule has 0 saturated carbocycles. The van der Waals surface area contributed by atoms with Crippen LogP contribution in [-0.4, -0.2) is 15.0 Å². The van der Waals surface area contributed by atoms with E-state index in [1.807, 2.05) is 24.4 Å². The molecule has 0 saturated heterocycles. The van der Waals surface area contributed by atoms with E-state index in [4.69, 9.17) is 0 Å². The predicted octanol–water partition coefficient (Wildman–Crippen LogP) is 3.22. The summed E-state index contributed by atoms with van der Waals surface area (Å²) in [4.78, 5) is 0.281. The molecule has 1 heterocycles. The molecule has 2 N–H and O–H groups in total. The van der Waals surface area contributed by atoms with Gasteiger partial charge in [-0.3, -0.25) is 0 Å². The average molecular weight is 310 g/mol. The second kappa shape index (κ2) is 6.39. The maximum Gasteiger partial charge on any atom is 0.242 e. The highest BCUT2D eigenvalue weighted by molar-refractivity contribution is 7.89. The summed E-state index contributed by atoms with van der Waals surface area (Å²) in [5, 5.41) is 7.33. The number of benzene rings is 1. The van der Waals surface area contributed by atoms with Crippen LogP contribution in [0.3, 0.4) is 0 Å². The molecule has 0 spiro atoms. The standard InChI is InChI=1S/C14H18N2O2S2/c1-3-15-20(17,18)14-7-5-4-6-13(14)16-11(2)12-8-9-19-10-12/h4-11,15-16H,3H2,1-2H3. The van der Waals surface area contributed by atoms with Crippen molar-refractivity contribution in [2.24, 2.45) is 0 Å². The van der Waals surface area contributed by atoms with Gasteiger partial charge >= 0.3 is 0 Å². The van der Waals surface area contributed by atoms with Gasteiger partial charge in [-0.25, -0.2) is 13.1 Å². The van der Waals surface area contributed by atoms with Crippen LogP contribution in [0.4, 0.5) is 5.69 Å². The Morgan fingerprint density at radius 3 is 2.65 bits per heavy atom. The highest BCUT2D eigenvalue weighted by atomic mass is 32.2. The lowest BCUT2D eigenvalue weighted by molar-refractivity contribution is 0.584. The first-order chi connectivity index (χ1) is 9.54. The molecule has 4 nitrogen and oxygen atoms in total. The van der Waals surface area contributed by atoms with Crippen LogP contribution in [0.2, 0.25) is 0 Å². The highest BCUT2D eigenvalue weighted by Gasteiger charge is 2.18. The Labute approximate surface area is 123 Å². The van der Waals surface area contributed by atoms with E-state index in [1.54, 1.807) is 36.5 Å². The van der Waals surface area contributed by atoms with Crippen LogP contribution >= 0.6 is 11.3 Å². The summed E-state index contributed by atoms with van der Waals surface area (Å²) < 4.78 is 26.9. The molecule has 0 bridgehead atoms. The van der Waals surface area contributed by atoms with Gasteiger partial charge in [0.05, 0.1) is 5.69 Å². The van der Waals surface area contributed by atoms with Crippen molar-refractivity contribution >= 4 is 27.0 Å². The van der Waals surface area contributed by atoms with Gasteiger partial charge in [0.1, 0.15) is 4.90 Å². The van der Waals surface area contributed by atoms with Gasteiger partial charge in [0.25, 0.3) is 0 Å². The first kappa shape index (κ1) is 15.0. The summed E-state index contributed by atoms with van der Waals surface area (Å²) in [6.07, 6.45) is 0. The molecule has 6 heteroatoms. The van der Waals surface area contributed by atoms with Gasteiger partial charge in [-0.1, -0.05) is 19.1 Å². The third-order valence-corrected chi connectivity index (χ3v) is 5.23. The third kappa shape index (κ3) is 3.39. The summed E-state index contributed by atoms with van der Waals surface area (Å²) in [6.45, 7) is 4.15. The van der Waals surface area contributed by atoms with Crippen molar-refractivity contribution in [1.82, 2.24) is 4.72 Å². The van der Waals surface area contributed by atoms with Gasteiger partial charge in [-0.2, -0.15) is 11.3 Å². The average Bonchev–Trinajstić information content (AvgIpc) is 2.93. The molecular weight excluding hydrogens is 292 g/mol. The molecule has 2 aromatic rings. The van der Waals surface area contributed by atoms with E-state index < -0.39 is 10.0 Å². The van der Waals surface area contributed by atoms with Gasteiger partial charge in [-0.15, -0.1) is 0 Å². The van der Waals surface area contributed by atoms with Gasteiger partial charge in [0, 0.05) is 12.6 Å². The van der Waals surface area contributed by atoms with E-state index >= 15 is 0 Å². The Morgan fingerprint density at radius 2 is 2.00 bits per heavy atom. The number of anilines is 1. The SMILES string of the molecule is CCNS(=O)(=O)c1ccccc1NC(C)c1ccsc1. The normalized spacial score (nSPS) is 13.1. The number of nitrogens with one attached hydrogen (secondary N) is 2. The smallest absolute Gasteiger partial charge is 0.242 e. The van der Waals surface area contributed by atoms with Crippen LogP contribution < -0.4 is 10.0 Å². The third-order valence-electron chi connectivity index (χ3n) is 2.93. The Balaban J connectivity index is 2.29. The molecule has 1 atom stereocenters. The fourth-order valence-electron chi connectivity index (χ4n) is 1.93. The fraction of sp³-hybridized carbons (Fsp3) is 0.286. The van der Waals surface area contributed by atoms with Gasteiger partial charge in [-0.05, 0) is 41.4 Å². The van der Waals surface area contributed by atoms with E-state index in [-0.39, 0.29) is 10.9 Å². The molecule has 0 radical (unpaired) electrons. The zero-order chi connectivity index (χ0) is 14.6. The minimum Gasteiger partial charge on any atom is -0.377 e. The van der Waals surface area contributed by atoms with Crippen molar-refractivity contribution in [1.29, 1.82) is 0 Å². The van der Waals surface area contributed by atoms with Gasteiger partial charge < -0.3 is 5.32 Å². The monoisotopic (exact) mass is 310 g/mol. The molecule has 1 aromatic heterocycles. The summed E-state index contributed by atoms with van der Waals surface area (Å²) in [6, 6.07) is 9.04. The van der Waals surface area contributed by atoms with Crippen LogP contribution in [0.25, 0.3) is 0 Å². The number of hydrogen-bond donors (Lipinski definition) is 2. The minimum atomic E-state index is -3.47. The van der Waals surface area contributed by atoms with E-state index in [0.29, 0.717) is 12.2 Å². The Kier molecular flexibility index (Phi) is 4.80.